The lowest BCUT2D eigenvalue weighted by Crippen LogP contribution is -2.27. The molecule has 2 N–H and O–H groups in total. The maximum absolute atomic E-state index is 4.72. The monoisotopic (exact) mass is 293 g/mol. The third-order valence-corrected chi connectivity index (χ3v) is 4.36. The van der Waals surface area contributed by atoms with Crippen molar-refractivity contribution < 1.29 is 0 Å². The van der Waals surface area contributed by atoms with Crippen LogP contribution in [-0.4, -0.2) is 23.1 Å². The summed E-state index contributed by atoms with van der Waals surface area (Å²) in [6, 6.07) is 4.27. The minimum absolute atomic E-state index is 0.586. The van der Waals surface area contributed by atoms with Gasteiger partial charge in [-0.15, -0.1) is 0 Å². The zero-order chi connectivity index (χ0) is 11.8. The molecule has 1 saturated heterocycles. The second-order valence-electron chi connectivity index (χ2n) is 4.76. The number of nitrogens with zero attached hydrogens (tertiary/aromatic N) is 1. The first-order valence-corrected chi connectivity index (χ1v) is 6.90. The van der Waals surface area contributed by atoms with Crippen molar-refractivity contribution in [3.63, 3.8) is 0 Å². The Morgan fingerprint density at radius 1 is 1.29 bits per heavy atom. The highest BCUT2D eigenvalue weighted by Crippen LogP contribution is 2.27. The van der Waals surface area contributed by atoms with E-state index in [-0.39, 0.29) is 0 Å². The first-order chi connectivity index (χ1) is 8.24. The van der Waals surface area contributed by atoms with E-state index in [1.165, 1.54) is 18.4 Å². The van der Waals surface area contributed by atoms with Gasteiger partial charge in [0, 0.05) is 10.4 Å². The van der Waals surface area contributed by atoms with Crippen molar-refractivity contribution in [3.8, 4) is 0 Å². The number of piperidine rings is 1. The largest absolute Gasteiger partial charge is 0.342 e. The van der Waals surface area contributed by atoms with Crippen LogP contribution in [0.15, 0.2) is 16.6 Å². The summed E-state index contributed by atoms with van der Waals surface area (Å²) in [6.07, 6.45) is 2.36. The zero-order valence-electron chi connectivity index (χ0n) is 9.89. The molecule has 2 heterocycles. The molecule has 1 aromatic heterocycles. The summed E-state index contributed by atoms with van der Waals surface area (Å²) in [5.74, 6) is 1.74. The smallest absolute Gasteiger partial charge is 0.110 e. The molecule has 3 nitrogen and oxygen atoms in total. The molecule has 90 valence electrons. The molecule has 0 saturated carbocycles. The van der Waals surface area contributed by atoms with E-state index in [1.54, 1.807) is 0 Å². The Hall–Kier alpha value is -0.870. The van der Waals surface area contributed by atoms with E-state index >= 15 is 0 Å². The van der Waals surface area contributed by atoms with Crippen LogP contribution in [0.2, 0.25) is 0 Å². The van der Waals surface area contributed by atoms with Gasteiger partial charge in [0.05, 0.1) is 11.0 Å². The Bertz CT molecular complexity index is 502. The van der Waals surface area contributed by atoms with Crippen molar-refractivity contribution in [2.75, 3.05) is 13.1 Å². The fourth-order valence-electron chi connectivity index (χ4n) is 2.45. The molecule has 0 unspecified atom stereocenters. The topological polar surface area (TPSA) is 40.7 Å². The van der Waals surface area contributed by atoms with Crippen LogP contribution < -0.4 is 5.32 Å². The predicted molar refractivity (Wildman–Crippen MR) is 73.4 cm³/mol. The molecule has 17 heavy (non-hydrogen) atoms. The molecule has 4 heteroatoms. The first-order valence-electron chi connectivity index (χ1n) is 6.10. The fourth-order valence-corrected chi connectivity index (χ4v) is 2.78. The quantitative estimate of drug-likeness (QED) is 0.848. The van der Waals surface area contributed by atoms with Gasteiger partial charge in [-0.2, -0.15) is 0 Å². The number of benzene rings is 1. The van der Waals surface area contributed by atoms with Gasteiger partial charge in [0.2, 0.25) is 0 Å². The van der Waals surface area contributed by atoms with Gasteiger partial charge >= 0.3 is 0 Å². The molecule has 3 rings (SSSR count). The molecular formula is C13H16BrN3. The molecule has 0 spiro atoms. The Morgan fingerprint density at radius 3 is 2.82 bits per heavy atom. The molecule has 1 aliphatic heterocycles. The molecule has 0 bridgehead atoms. The van der Waals surface area contributed by atoms with Crippen LogP contribution in [0.3, 0.4) is 0 Å². The number of aromatic amines is 1. The molecule has 0 aliphatic carbocycles. The van der Waals surface area contributed by atoms with Crippen molar-refractivity contribution in [2.24, 2.45) is 0 Å². The van der Waals surface area contributed by atoms with E-state index in [9.17, 15) is 0 Å². The van der Waals surface area contributed by atoms with Gasteiger partial charge in [0.15, 0.2) is 0 Å². The molecule has 2 aromatic rings. The van der Waals surface area contributed by atoms with E-state index in [4.69, 9.17) is 4.98 Å². The highest BCUT2D eigenvalue weighted by Gasteiger charge is 2.18. The lowest BCUT2D eigenvalue weighted by atomic mass is 9.98. The summed E-state index contributed by atoms with van der Waals surface area (Å²) in [5.41, 5.74) is 3.47. The van der Waals surface area contributed by atoms with Crippen molar-refractivity contribution in [1.29, 1.82) is 0 Å². The van der Waals surface area contributed by atoms with Crippen LogP contribution in [0.1, 0.15) is 30.1 Å². The van der Waals surface area contributed by atoms with E-state index in [1.807, 2.05) is 0 Å². The van der Waals surface area contributed by atoms with Gasteiger partial charge in [-0.05, 0) is 50.6 Å². The average molecular weight is 294 g/mol. The van der Waals surface area contributed by atoms with Crippen molar-refractivity contribution in [3.05, 3.63) is 28.0 Å². The van der Waals surface area contributed by atoms with E-state index in [2.05, 4.69) is 45.3 Å². The van der Waals surface area contributed by atoms with Gasteiger partial charge in [-0.25, -0.2) is 4.98 Å². The van der Waals surface area contributed by atoms with E-state index in [0.29, 0.717) is 5.92 Å². The molecule has 0 amide bonds. The predicted octanol–water partition coefficient (Wildman–Crippen LogP) is 3.10. The normalized spacial score (nSPS) is 17.8. The molecule has 0 atom stereocenters. The van der Waals surface area contributed by atoms with Gasteiger partial charge < -0.3 is 10.3 Å². The lowest BCUT2D eigenvalue weighted by molar-refractivity contribution is 0.448. The Labute approximate surface area is 109 Å². The zero-order valence-corrected chi connectivity index (χ0v) is 11.5. The van der Waals surface area contributed by atoms with Crippen LogP contribution in [0, 0.1) is 6.92 Å². The highest BCUT2D eigenvalue weighted by atomic mass is 79.9. The summed E-state index contributed by atoms with van der Waals surface area (Å²) in [6.45, 7) is 4.31. The number of aromatic nitrogens is 2. The third kappa shape index (κ3) is 2.11. The number of hydrogen-bond acceptors (Lipinski definition) is 2. The second kappa shape index (κ2) is 4.42. The van der Waals surface area contributed by atoms with Crippen LogP contribution in [-0.2, 0) is 0 Å². The Morgan fingerprint density at radius 2 is 2.06 bits per heavy atom. The number of hydrogen-bond donors (Lipinski definition) is 2. The minimum Gasteiger partial charge on any atom is -0.342 e. The summed E-state index contributed by atoms with van der Waals surface area (Å²) >= 11 is 3.56. The summed E-state index contributed by atoms with van der Waals surface area (Å²) < 4.78 is 1.13. The van der Waals surface area contributed by atoms with E-state index in [0.717, 1.165) is 34.4 Å². The average Bonchev–Trinajstić information content (AvgIpc) is 2.74. The minimum atomic E-state index is 0.586. The van der Waals surface area contributed by atoms with Gasteiger partial charge in [-0.3, -0.25) is 0 Å². The fraction of sp³-hybridized carbons (Fsp3) is 0.462. The van der Waals surface area contributed by atoms with Gasteiger partial charge in [0.25, 0.3) is 0 Å². The maximum Gasteiger partial charge on any atom is 0.110 e. The third-order valence-electron chi connectivity index (χ3n) is 3.51. The number of H-pyrrole nitrogens is 1. The number of nitrogens with one attached hydrogen (secondary N) is 2. The van der Waals surface area contributed by atoms with Crippen molar-refractivity contribution in [1.82, 2.24) is 15.3 Å². The van der Waals surface area contributed by atoms with E-state index < -0.39 is 0 Å². The SMILES string of the molecule is Cc1cc2[nH]c(C3CCNCC3)nc2cc1Br. The lowest BCUT2D eigenvalue weighted by Gasteiger charge is -2.20. The van der Waals surface area contributed by atoms with Gasteiger partial charge in [-0.1, -0.05) is 15.9 Å². The highest BCUT2D eigenvalue weighted by molar-refractivity contribution is 9.10. The summed E-state index contributed by atoms with van der Waals surface area (Å²) in [5, 5.41) is 3.39. The number of imidazole rings is 1. The number of fused-ring (bicyclic) bond motifs is 1. The number of rotatable bonds is 1. The Kier molecular flexibility index (Phi) is 2.92. The Balaban J connectivity index is 2.00. The number of halogens is 1. The van der Waals surface area contributed by atoms with Crippen LogP contribution >= 0.6 is 15.9 Å². The maximum atomic E-state index is 4.72. The van der Waals surface area contributed by atoms with Crippen LogP contribution in [0.5, 0.6) is 0 Å². The summed E-state index contributed by atoms with van der Waals surface area (Å²) in [7, 11) is 0. The van der Waals surface area contributed by atoms with Crippen LogP contribution in [0.25, 0.3) is 11.0 Å². The molecule has 1 aromatic carbocycles. The molecule has 1 aliphatic rings. The standard InChI is InChI=1S/C13H16BrN3/c1-8-6-11-12(7-10(8)14)17-13(16-11)9-2-4-15-5-3-9/h6-7,9,15H,2-5H2,1H3,(H,16,17). The number of aryl methyl sites for hydroxylation is 1. The molecular weight excluding hydrogens is 278 g/mol. The second-order valence-corrected chi connectivity index (χ2v) is 5.62. The molecule has 1 fully saturated rings. The van der Waals surface area contributed by atoms with Crippen LogP contribution in [0.4, 0.5) is 0 Å². The summed E-state index contributed by atoms with van der Waals surface area (Å²) in [4.78, 5) is 8.20. The molecule has 0 radical (unpaired) electrons. The first kappa shape index (κ1) is 11.2. The van der Waals surface area contributed by atoms with Crippen molar-refractivity contribution >= 4 is 27.0 Å². The van der Waals surface area contributed by atoms with Gasteiger partial charge in [0.1, 0.15) is 5.82 Å². The van der Waals surface area contributed by atoms with Crippen molar-refractivity contribution in [2.45, 2.75) is 25.7 Å².